The predicted molar refractivity (Wildman–Crippen MR) is 130 cm³/mol. The van der Waals surface area contributed by atoms with Crippen LogP contribution in [0.4, 0.5) is 0 Å². The molecule has 1 rings (SSSR count). The molecule has 0 saturated carbocycles. The van der Waals surface area contributed by atoms with Crippen molar-refractivity contribution >= 4 is 11.6 Å². The maximum atomic E-state index is 12.7. The van der Waals surface area contributed by atoms with Crippen LogP contribution < -0.4 is 0 Å². The van der Waals surface area contributed by atoms with Gasteiger partial charge in [-0.05, 0) is 37.8 Å². The highest BCUT2D eigenvalue weighted by Crippen LogP contribution is 2.23. The van der Waals surface area contributed by atoms with E-state index in [4.69, 9.17) is 0 Å². The fourth-order valence-corrected chi connectivity index (χ4v) is 4.35. The molecular formula is C28H48O2. The average Bonchev–Trinajstić information content (AvgIpc) is 2.74. The van der Waals surface area contributed by atoms with Gasteiger partial charge in [-0.1, -0.05) is 117 Å². The number of carbonyl (C=O) groups excluding carboxylic acids is 2. The maximum Gasteiger partial charge on any atom is 0.185 e. The molecule has 2 heteroatoms. The zero-order valence-electron chi connectivity index (χ0n) is 20.1. The number of Topliss-reactive ketones (excluding diaryl/α,β-unsaturated/α-hetero) is 1. The Hall–Kier alpha value is -1.18. The summed E-state index contributed by atoms with van der Waals surface area (Å²) in [6.45, 7) is 4.51. The molecule has 172 valence electrons. The molecule has 0 bridgehead atoms. The van der Waals surface area contributed by atoms with E-state index in [0.717, 1.165) is 36.8 Å². The standard InChI is InChI=1S/C28H48O2/c1-3-5-7-9-11-13-15-17-19-21-25-23-27(29)24-26(28(25)30)22-20-18-16-14-12-10-8-6-4-2/h23-24H,3-22H2,1-2H3. The Morgan fingerprint density at radius 3 is 1.10 bits per heavy atom. The lowest BCUT2D eigenvalue weighted by molar-refractivity contribution is -0.115. The number of rotatable bonds is 20. The topological polar surface area (TPSA) is 34.1 Å². The molecule has 1 aliphatic rings. The minimum Gasteiger partial charge on any atom is -0.290 e. The monoisotopic (exact) mass is 416 g/mol. The summed E-state index contributed by atoms with van der Waals surface area (Å²) in [4.78, 5) is 24.8. The Bertz CT molecular complexity index is 483. The Morgan fingerprint density at radius 1 is 0.467 bits per heavy atom. The Labute approximate surface area is 187 Å². The predicted octanol–water partition coefficient (Wildman–Crippen LogP) is 8.83. The van der Waals surface area contributed by atoms with Gasteiger partial charge in [-0.15, -0.1) is 0 Å². The van der Waals surface area contributed by atoms with Gasteiger partial charge in [0.05, 0.1) is 0 Å². The van der Waals surface area contributed by atoms with E-state index in [9.17, 15) is 9.59 Å². The SMILES string of the molecule is CCCCCCCCCCCC1=CC(=O)C=C(CCCCCCCCCCC)C1=O. The van der Waals surface area contributed by atoms with Crippen molar-refractivity contribution in [1.29, 1.82) is 0 Å². The second-order valence-corrected chi connectivity index (χ2v) is 9.23. The molecule has 0 N–H and O–H groups in total. The summed E-state index contributed by atoms with van der Waals surface area (Å²) in [5.41, 5.74) is 1.52. The van der Waals surface area contributed by atoms with E-state index in [1.54, 1.807) is 12.2 Å². The van der Waals surface area contributed by atoms with Gasteiger partial charge >= 0.3 is 0 Å². The molecule has 0 fully saturated rings. The van der Waals surface area contributed by atoms with Gasteiger partial charge in [0.2, 0.25) is 0 Å². The van der Waals surface area contributed by atoms with Crippen molar-refractivity contribution in [3.05, 3.63) is 23.3 Å². The number of hydrogen-bond donors (Lipinski definition) is 0. The maximum absolute atomic E-state index is 12.7. The van der Waals surface area contributed by atoms with E-state index >= 15 is 0 Å². The molecule has 0 spiro atoms. The van der Waals surface area contributed by atoms with Gasteiger partial charge in [-0.2, -0.15) is 0 Å². The fourth-order valence-electron chi connectivity index (χ4n) is 4.35. The van der Waals surface area contributed by atoms with Crippen LogP contribution in [0.5, 0.6) is 0 Å². The number of ketones is 2. The van der Waals surface area contributed by atoms with Crippen molar-refractivity contribution in [2.75, 3.05) is 0 Å². The first kappa shape index (κ1) is 26.9. The molecule has 0 aromatic carbocycles. The smallest absolute Gasteiger partial charge is 0.185 e. The average molecular weight is 417 g/mol. The zero-order chi connectivity index (χ0) is 21.9. The third kappa shape index (κ3) is 13.2. The first-order valence-corrected chi connectivity index (χ1v) is 13.2. The molecule has 2 nitrogen and oxygen atoms in total. The van der Waals surface area contributed by atoms with Gasteiger partial charge in [0, 0.05) is 11.1 Å². The van der Waals surface area contributed by atoms with Crippen LogP contribution in [0.25, 0.3) is 0 Å². The van der Waals surface area contributed by atoms with Crippen molar-refractivity contribution in [3.63, 3.8) is 0 Å². The molecule has 0 aromatic rings. The molecule has 0 amide bonds. The van der Waals surface area contributed by atoms with Gasteiger partial charge in [-0.3, -0.25) is 9.59 Å². The molecule has 0 aliphatic heterocycles. The molecule has 30 heavy (non-hydrogen) atoms. The largest absolute Gasteiger partial charge is 0.290 e. The van der Waals surface area contributed by atoms with Crippen LogP contribution in [-0.4, -0.2) is 11.6 Å². The highest BCUT2D eigenvalue weighted by atomic mass is 16.1. The number of allylic oxidation sites excluding steroid dienone is 4. The van der Waals surface area contributed by atoms with Crippen molar-refractivity contribution in [3.8, 4) is 0 Å². The minimum atomic E-state index is 0.0199. The molecule has 0 aromatic heterocycles. The number of hydrogen-bond acceptors (Lipinski definition) is 2. The van der Waals surface area contributed by atoms with E-state index in [2.05, 4.69) is 13.8 Å². The fraction of sp³-hybridized carbons (Fsp3) is 0.786. The van der Waals surface area contributed by atoms with E-state index in [-0.39, 0.29) is 11.6 Å². The normalized spacial score (nSPS) is 14.2. The van der Waals surface area contributed by atoms with Crippen molar-refractivity contribution in [1.82, 2.24) is 0 Å². The van der Waals surface area contributed by atoms with Crippen molar-refractivity contribution < 1.29 is 9.59 Å². The summed E-state index contributed by atoms with van der Waals surface area (Å²) in [6.07, 6.45) is 27.7. The number of unbranched alkanes of at least 4 members (excludes halogenated alkanes) is 16. The van der Waals surface area contributed by atoms with Crippen LogP contribution in [0, 0.1) is 0 Å². The molecular weight excluding hydrogens is 368 g/mol. The molecule has 1 aliphatic carbocycles. The summed E-state index contributed by atoms with van der Waals surface area (Å²) in [7, 11) is 0. The summed E-state index contributed by atoms with van der Waals surface area (Å²) < 4.78 is 0. The summed E-state index contributed by atoms with van der Waals surface area (Å²) in [6, 6.07) is 0. The molecule has 0 saturated heterocycles. The van der Waals surface area contributed by atoms with Gasteiger partial charge in [0.25, 0.3) is 0 Å². The van der Waals surface area contributed by atoms with Crippen molar-refractivity contribution in [2.45, 2.75) is 142 Å². The summed E-state index contributed by atoms with van der Waals surface area (Å²) >= 11 is 0. The molecule has 0 atom stereocenters. The van der Waals surface area contributed by atoms with Crippen LogP contribution in [0.1, 0.15) is 142 Å². The highest BCUT2D eigenvalue weighted by Gasteiger charge is 2.20. The summed E-state index contributed by atoms with van der Waals surface area (Å²) in [5.74, 6) is 0.167. The van der Waals surface area contributed by atoms with Gasteiger partial charge < -0.3 is 0 Å². The lowest BCUT2D eigenvalue weighted by atomic mass is 9.89. The lowest BCUT2D eigenvalue weighted by Crippen LogP contribution is -2.14. The van der Waals surface area contributed by atoms with E-state index in [1.165, 1.54) is 103 Å². The lowest BCUT2D eigenvalue weighted by Gasteiger charge is -2.14. The summed E-state index contributed by atoms with van der Waals surface area (Å²) in [5, 5.41) is 0. The van der Waals surface area contributed by atoms with Crippen LogP contribution >= 0.6 is 0 Å². The van der Waals surface area contributed by atoms with Crippen LogP contribution in [0.2, 0.25) is 0 Å². The molecule has 0 heterocycles. The van der Waals surface area contributed by atoms with Gasteiger partial charge in [0.15, 0.2) is 11.6 Å². The van der Waals surface area contributed by atoms with Crippen LogP contribution in [0.3, 0.4) is 0 Å². The highest BCUT2D eigenvalue weighted by molar-refractivity contribution is 6.20. The minimum absolute atomic E-state index is 0.0199. The van der Waals surface area contributed by atoms with Gasteiger partial charge in [0.1, 0.15) is 0 Å². The second kappa shape index (κ2) is 18.6. The van der Waals surface area contributed by atoms with Crippen molar-refractivity contribution in [2.24, 2.45) is 0 Å². The second-order valence-electron chi connectivity index (χ2n) is 9.23. The Balaban J connectivity index is 2.13. The number of carbonyl (C=O) groups is 2. The van der Waals surface area contributed by atoms with E-state index < -0.39 is 0 Å². The quantitative estimate of drug-likeness (QED) is 0.147. The van der Waals surface area contributed by atoms with Crippen LogP contribution in [-0.2, 0) is 9.59 Å². The van der Waals surface area contributed by atoms with E-state index in [1.807, 2.05) is 0 Å². The van der Waals surface area contributed by atoms with E-state index in [0.29, 0.717) is 0 Å². The third-order valence-corrected chi connectivity index (χ3v) is 6.32. The van der Waals surface area contributed by atoms with Gasteiger partial charge in [-0.25, -0.2) is 0 Å². The van der Waals surface area contributed by atoms with Crippen LogP contribution in [0.15, 0.2) is 23.3 Å². The zero-order valence-corrected chi connectivity index (χ0v) is 20.1. The Kier molecular flexibility index (Phi) is 16.6. The molecule has 0 radical (unpaired) electrons. The Morgan fingerprint density at radius 2 is 0.767 bits per heavy atom. The third-order valence-electron chi connectivity index (χ3n) is 6.32. The molecule has 0 unspecified atom stereocenters. The first-order valence-electron chi connectivity index (χ1n) is 13.2. The first-order chi connectivity index (χ1) is 14.7.